The van der Waals surface area contributed by atoms with Crippen molar-refractivity contribution in [2.75, 3.05) is 17.7 Å². The number of ether oxygens (including phenoxy) is 1. The summed E-state index contributed by atoms with van der Waals surface area (Å²) >= 11 is 0.545. The van der Waals surface area contributed by atoms with Gasteiger partial charge in [0.2, 0.25) is 0 Å². The summed E-state index contributed by atoms with van der Waals surface area (Å²) in [6.45, 7) is 2.07. The van der Waals surface area contributed by atoms with Crippen molar-refractivity contribution in [3.8, 4) is 0 Å². The summed E-state index contributed by atoms with van der Waals surface area (Å²) in [5, 5.41) is 17.1. The van der Waals surface area contributed by atoms with E-state index in [0.717, 1.165) is 5.56 Å². The molecule has 3 aromatic rings. The molecule has 37 heavy (non-hydrogen) atoms. The van der Waals surface area contributed by atoms with Gasteiger partial charge in [-0.15, -0.1) is 0 Å². The van der Waals surface area contributed by atoms with E-state index >= 15 is 0 Å². The molecule has 9 nitrogen and oxygen atoms in total. The van der Waals surface area contributed by atoms with E-state index in [1.54, 1.807) is 31.2 Å². The number of carbonyl (C=O) groups is 3. The third-order valence-corrected chi connectivity index (χ3v) is 6.36. The van der Waals surface area contributed by atoms with Crippen LogP contribution in [0.2, 0.25) is 0 Å². The van der Waals surface area contributed by atoms with Crippen molar-refractivity contribution in [3.05, 3.63) is 82.4 Å². The Morgan fingerprint density at radius 3 is 2.41 bits per heavy atom. The normalized spacial score (nSPS) is 11.8. The monoisotopic (exact) mass is 530 g/mol. The van der Waals surface area contributed by atoms with Crippen LogP contribution in [0.25, 0.3) is 0 Å². The van der Waals surface area contributed by atoms with Crippen molar-refractivity contribution in [3.63, 3.8) is 0 Å². The van der Waals surface area contributed by atoms with Crippen LogP contribution in [0.5, 0.6) is 0 Å². The maximum Gasteiger partial charge on any atom is 1.00 e. The van der Waals surface area contributed by atoms with Crippen LogP contribution in [0.3, 0.4) is 0 Å². The summed E-state index contributed by atoms with van der Waals surface area (Å²) in [5.41, 5.74) is 8.96. The number of rotatable bonds is 10. The molecule has 0 aliphatic heterocycles. The zero-order chi connectivity index (χ0) is 25.7. The van der Waals surface area contributed by atoms with E-state index in [-0.39, 0.29) is 74.1 Å². The van der Waals surface area contributed by atoms with Gasteiger partial charge in [0.25, 0.3) is 0 Å². The molecule has 0 bridgehead atoms. The summed E-state index contributed by atoms with van der Waals surface area (Å²) in [5.74, 6) is -0.984. The molecule has 0 spiro atoms. The van der Waals surface area contributed by atoms with E-state index in [9.17, 15) is 19.6 Å². The number of benzene rings is 3. The minimum absolute atomic E-state index is 0. The second-order valence-electron chi connectivity index (χ2n) is 8.01. The van der Waals surface area contributed by atoms with Gasteiger partial charge < -0.3 is 21.0 Å². The van der Waals surface area contributed by atoms with Gasteiger partial charge in [0.1, 0.15) is 0 Å². The van der Waals surface area contributed by atoms with Gasteiger partial charge in [0.15, 0.2) is 11.6 Å². The molecule has 1 aliphatic carbocycles. The Bertz CT molecular complexity index is 1330. The first kappa shape index (κ1) is 28.9. The van der Waals surface area contributed by atoms with Crippen LogP contribution in [0.4, 0.5) is 17.1 Å². The maximum absolute atomic E-state index is 13.5. The Labute approximate surface area is 240 Å². The number of fused-ring (bicyclic) bond motifs is 2. The fraction of sp³-hybridized carbons (Fsp3) is 0.192. The van der Waals surface area contributed by atoms with Gasteiger partial charge in [-0.3, -0.25) is 19.4 Å². The van der Waals surface area contributed by atoms with Crippen LogP contribution in [0.15, 0.2) is 59.5 Å². The fourth-order valence-electron chi connectivity index (χ4n) is 4.04. The molecule has 0 unspecified atom stereocenters. The molecule has 0 aromatic heterocycles. The predicted octanol–water partition coefficient (Wildman–Crippen LogP) is 0.908. The number of aryl methyl sites for hydroxylation is 1. The minimum Gasteiger partial charge on any atom is -0.691 e. The van der Waals surface area contributed by atoms with Crippen LogP contribution in [0.1, 0.15) is 57.2 Å². The van der Waals surface area contributed by atoms with E-state index < -0.39 is 5.78 Å². The molecule has 0 saturated carbocycles. The van der Waals surface area contributed by atoms with Gasteiger partial charge >= 0.3 is 35.5 Å². The number of nitrogen functional groups attached to an aromatic ring is 1. The van der Waals surface area contributed by atoms with Crippen molar-refractivity contribution in [1.82, 2.24) is 0 Å². The fourth-order valence-corrected chi connectivity index (χ4v) is 4.50. The van der Waals surface area contributed by atoms with Crippen LogP contribution in [-0.2, 0) is 25.3 Å². The Hall–Kier alpha value is -2.70. The predicted molar refractivity (Wildman–Crippen MR) is 131 cm³/mol. The summed E-state index contributed by atoms with van der Waals surface area (Å²) in [7, 11) is 0. The summed E-state index contributed by atoms with van der Waals surface area (Å²) in [6, 6.07) is 15.6. The number of ketones is 2. The standard InChI is InChI=1S/C26H24N2O7S.Na/c1-2-21(29)33-12-6-8-15-7-5-9-16(13-15)28-19-14-20(36-35-34-32)24(27)23-22(19)25(30)17-10-3-4-11-18(17)26(23)31;/h3-5,7,9-11,13-14,28,32H,2,6,8,12,27H2,1H3;/q;+1/p-1. The van der Waals surface area contributed by atoms with E-state index in [2.05, 4.69) is 14.7 Å². The summed E-state index contributed by atoms with van der Waals surface area (Å²) < 4.78 is 9.57. The molecule has 0 radical (unpaired) electrons. The average Bonchev–Trinajstić information content (AvgIpc) is 2.89. The van der Waals surface area contributed by atoms with Crippen molar-refractivity contribution < 1.29 is 63.3 Å². The van der Waals surface area contributed by atoms with E-state index in [1.165, 1.54) is 6.07 Å². The molecule has 4 rings (SSSR count). The molecular formula is C26H23N2NaO7S. The minimum atomic E-state index is -0.401. The number of esters is 1. The largest absolute Gasteiger partial charge is 1.00 e. The second kappa shape index (κ2) is 13.2. The van der Waals surface area contributed by atoms with Gasteiger partial charge in [-0.1, -0.05) is 43.3 Å². The number of hydrogen-bond donors (Lipinski definition) is 2. The molecule has 0 fully saturated rings. The topological polar surface area (TPSA) is 140 Å². The number of anilines is 3. The summed E-state index contributed by atoms with van der Waals surface area (Å²) in [4.78, 5) is 38.3. The number of nitrogens with two attached hydrogens (primary N) is 1. The zero-order valence-electron chi connectivity index (χ0n) is 20.4. The first-order valence-corrected chi connectivity index (χ1v) is 12.0. The quantitative estimate of drug-likeness (QED) is 0.0578. The third kappa shape index (κ3) is 6.42. The van der Waals surface area contributed by atoms with Gasteiger partial charge in [0.05, 0.1) is 46.0 Å². The first-order chi connectivity index (χ1) is 17.4. The van der Waals surface area contributed by atoms with E-state index in [4.69, 9.17) is 10.5 Å². The second-order valence-corrected chi connectivity index (χ2v) is 8.75. The Kier molecular flexibility index (Phi) is 10.3. The smallest absolute Gasteiger partial charge is 0.691 e. The van der Waals surface area contributed by atoms with Gasteiger partial charge in [-0.05, 0) is 36.6 Å². The molecule has 186 valence electrons. The molecule has 0 amide bonds. The number of nitrogens with one attached hydrogen (secondary N) is 1. The molecule has 0 atom stereocenters. The molecule has 0 heterocycles. The van der Waals surface area contributed by atoms with E-state index in [0.29, 0.717) is 49.3 Å². The first-order valence-electron chi connectivity index (χ1n) is 11.2. The van der Waals surface area contributed by atoms with Crippen molar-refractivity contribution in [1.29, 1.82) is 0 Å². The van der Waals surface area contributed by atoms with Crippen LogP contribution in [0, 0.1) is 0 Å². The van der Waals surface area contributed by atoms with E-state index in [1.807, 2.05) is 24.3 Å². The van der Waals surface area contributed by atoms with Crippen LogP contribution in [-0.4, -0.2) is 24.1 Å². The van der Waals surface area contributed by atoms with Crippen molar-refractivity contribution in [2.24, 2.45) is 0 Å². The molecular weight excluding hydrogens is 507 g/mol. The van der Waals surface area contributed by atoms with Crippen molar-refractivity contribution >= 4 is 46.6 Å². The zero-order valence-corrected chi connectivity index (χ0v) is 23.2. The Morgan fingerprint density at radius 2 is 1.73 bits per heavy atom. The maximum atomic E-state index is 13.5. The molecule has 3 N–H and O–H groups in total. The van der Waals surface area contributed by atoms with Crippen LogP contribution < -0.4 is 45.9 Å². The molecule has 1 aliphatic rings. The van der Waals surface area contributed by atoms with Gasteiger partial charge in [0, 0.05) is 23.2 Å². The number of hydrogen-bond acceptors (Lipinski definition) is 10. The van der Waals surface area contributed by atoms with Crippen molar-refractivity contribution in [2.45, 2.75) is 31.1 Å². The molecule has 11 heteroatoms. The Morgan fingerprint density at radius 1 is 1.03 bits per heavy atom. The van der Waals surface area contributed by atoms with Gasteiger partial charge in [-0.25, -0.2) is 0 Å². The van der Waals surface area contributed by atoms with Crippen LogP contribution >= 0.6 is 12.0 Å². The van der Waals surface area contributed by atoms with Gasteiger partial charge in [-0.2, -0.15) is 4.33 Å². The third-order valence-electron chi connectivity index (χ3n) is 5.72. The molecule has 0 saturated heterocycles. The molecule has 3 aromatic carbocycles. The SMILES string of the molecule is CCC(=O)OCCCc1cccc(Nc2cc(SOO[O-])c(N)c3c2C(=O)c2ccccc2C3=O)c1.[Na+]. The number of carbonyl (C=O) groups excluding carboxylic acids is 3. The summed E-state index contributed by atoms with van der Waals surface area (Å²) in [6.07, 6.45) is 1.67. The average molecular weight is 531 g/mol. The Balaban J connectivity index is 0.00000380.